The van der Waals surface area contributed by atoms with Gasteiger partial charge in [-0.3, -0.25) is 0 Å². The lowest BCUT2D eigenvalue weighted by atomic mass is 9.79. The quantitative estimate of drug-likeness (QED) is 0.755. The average Bonchev–Trinajstić information content (AvgIpc) is 3.06. The van der Waals surface area contributed by atoms with Gasteiger partial charge in [0.05, 0.1) is 5.69 Å². The smallest absolute Gasteiger partial charge is 0.170 e. The molecule has 0 spiro atoms. The summed E-state index contributed by atoms with van der Waals surface area (Å²) in [6.07, 6.45) is 4.18. The number of hydrogen-bond acceptors (Lipinski definition) is 1. The van der Waals surface area contributed by atoms with Gasteiger partial charge >= 0.3 is 0 Å². The Balaban J connectivity index is 1.67. The first-order valence-corrected chi connectivity index (χ1v) is 8.65. The van der Waals surface area contributed by atoms with Gasteiger partial charge in [-0.05, 0) is 54.9 Å². The molecule has 2 aromatic rings. The molecule has 6 heteroatoms. The molecule has 0 aromatic heterocycles. The standard InChI is InChI=1S/C19H19F3N2S/c20-14-5-3-13(4-6-14)19(9-1-2-10-19)12-23-18(25)24-17-8-7-15(21)11-16(17)22/h3-8,11H,1-2,9-10,12H2,(H2,23,24,25). The highest BCUT2D eigenvalue weighted by atomic mass is 32.1. The Labute approximate surface area is 150 Å². The van der Waals surface area contributed by atoms with Crippen molar-refractivity contribution in [3.63, 3.8) is 0 Å². The number of anilines is 1. The number of halogens is 3. The highest BCUT2D eigenvalue weighted by molar-refractivity contribution is 7.80. The predicted octanol–water partition coefficient (Wildman–Crippen LogP) is 4.90. The summed E-state index contributed by atoms with van der Waals surface area (Å²) in [5, 5.41) is 6.17. The molecule has 25 heavy (non-hydrogen) atoms. The minimum absolute atomic E-state index is 0.110. The molecule has 0 aliphatic heterocycles. The maximum absolute atomic E-state index is 13.7. The molecular formula is C19H19F3N2S. The Hall–Kier alpha value is -2.08. The first-order valence-electron chi connectivity index (χ1n) is 8.24. The molecule has 3 rings (SSSR count). The lowest BCUT2D eigenvalue weighted by Crippen LogP contribution is -2.40. The zero-order valence-electron chi connectivity index (χ0n) is 13.6. The highest BCUT2D eigenvalue weighted by Crippen LogP contribution is 2.40. The van der Waals surface area contributed by atoms with Gasteiger partial charge in [0.1, 0.15) is 17.5 Å². The van der Waals surface area contributed by atoms with Crippen LogP contribution in [0.1, 0.15) is 31.2 Å². The number of thiocarbonyl (C=S) groups is 1. The van der Waals surface area contributed by atoms with Crippen molar-refractivity contribution in [1.82, 2.24) is 5.32 Å². The molecule has 132 valence electrons. The fourth-order valence-electron chi connectivity index (χ4n) is 3.43. The Morgan fingerprint density at radius 1 is 0.960 bits per heavy atom. The predicted molar refractivity (Wildman–Crippen MR) is 97.1 cm³/mol. The number of benzene rings is 2. The van der Waals surface area contributed by atoms with E-state index < -0.39 is 11.6 Å². The van der Waals surface area contributed by atoms with Crippen LogP contribution in [0.15, 0.2) is 42.5 Å². The zero-order chi connectivity index (χ0) is 17.9. The molecule has 2 N–H and O–H groups in total. The molecule has 2 nitrogen and oxygen atoms in total. The van der Waals surface area contributed by atoms with Crippen LogP contribution in [0.25, 0.3) is 0 Å². The van der Waals surface area contributed by atoms with Crippen LogP contribution in [-0.2, 0) is 5.41 Å². The average molecular weight is 364 g/mol. The van der Waals surface area contributed by atoms with E-state index in [2.05, 4.69) is 10.6 Å². The van der Waals surface area contributed by atoms with Crippen LogP contribution >= 0.6 is 12.2 Å². The number of rotatable bonds is 4. The summed E-state index contributed by atoms with van der Waals surface area (Å²) in [5.41, 5.74) is 1.09. The van der Waals surface area contributed by atoms with Crippen molar-refractivity contribution in [3.05, 3.63) is 65.5 Å². The van der Waals surface area contributed by atoms with Crippen LogP contribution in [0.2, 0.25) is 0 Å². The minimum Gasteiger partial charge on any atom is -0.362 e. The second-order valence-corrected chi connectivity index (χ2v) is 6.83. The van der Waals surface area contributed by atoms with E-state index in [1.807, 2.05) is 12.1 Å². The minimum atomic E-state index is -0.696. The summed E-state index contributed by atoms with van der Waals surface area (Å²) in [6.45, 7) is 0.577. The van der Waals surface area contributed by atoms with Gasteiger partial charge in [0.15, 0.2) is 5.11 Å². The normalized spacial score (nSPS) is 15.8. The van der Waals surface area contributed by atoms with Crippen LogP contribution in [-0.4, -0.2) is 11.7 Å². The van der Waals surface area contributed by atoms with E-state index in [1.54, 1.807) is 0 Å². The van der Waals surface area contributed by atoms with Gasteiger partial charge in [0.2, 0.25) is 0 Å². The topological polar surface area (TPSA) is 24.1 Å². The van der Waals surface area contributed by atoms with Crippen LogP contribution in [0, 0.1) is 17.5 Å². The Bertz CT molecular complexity index is 756. The summed E-state index contributed by atoms with van der Waals surface area (Å²) in [6, 6.07) is 9.87. The SMILES string of the molecule is Fc1ccc(C2(CNC(=S)Nc3ccc(F)cc3F)CCCC2)cc1. The zero-order valence-corrected chi connectivity index (χ0v) is 14.4. The summed E-state index contributed by atoms with van der Waals surface area (Å²) >= 11 is 5.24. The third-order valence-electron chi connectivity index (χ3n) is 4.78. The molecule has 0 saturated heterocycles. The van der Waals surface area contributed by atoms with Crippen LogP contribution < -0.4 is 10.6 Å². The highest BCUT2D eigenvalue weighted by Gasteiger charge is 2.35. The summed E-state index contributed by atoms with van der Waals surface area (Å²) in [4.78, 5) is 0. The van der Waals surface area contributed by atoms with Crippen molar-refractivity contribution in [2.24, 2.45) is 0 Å². The van der Waals surface area contributed by atoms with Crippen molar-refractivity contribution >= 4 is 23.0 Å². The first-order chi connectivity index (χ1) is 12.0. The van der Waals surface area contributed by atoms with Crippen molar-refractivity contribution in [2.75, 3.05) is 11.9 Å². The molecule has 1 saturated carbocycles. The summed E-state index contributed by atoms with van der Waals surface area (Å²) in [5.74, 6) is -1.59. The third kappa shape index (κ3) is 4.12. The number of nitrogens with one attached hydrogen (secondary N) is 2. The van der Waals surface area contributed by atoms with Crippen molar-refractivity contribution < 1.29 is 13.2 Å². The van der Waals surface area contributed by atoms with Gasteiger partial charge in [0.25, 0.3) is 0 Å². The maximum Gasteiger partial charge on any atom is 0.170 e. The molecule has 0 heterocycles. The van der Waals surface area contributed by atoms with E-state index in [0.29, 0.717) is 6.54 Å². The van der Waals surface area contributed by atoms with Crippen molar-refractivity contribution in [1.29, 1.82) is 0 Å². The molecule has 0 unspecified atom stereocenters. The van der Waals surface area contributed by atoms with E-state index in [9.17, 15) is 13.2 Å². The van der Waals surface area contributed by atoms with Gasteiger partial charge in [-0.1, -0.05) is 25.0 Å². The van der Waals surface area contributed by atoms with E-state index in [1.165, 1.54) is 24.3 Å². The fraction of sp³-hybridized carbons (Fsp3) is 0.316. The monoisotopic (exact) mass is 364 g/mol. The van der Waals surface area contributed by atoms with E-state index in [4.69, 9.17) is 12.2 Å². The Kier molecular flexibility index (Phi) is 5.27. The van der Waals surface area contributed by atoms with E-state index >= 15 is 0 Å². The van der Waals surface area contributed by atoms with Gasteiger partial charge in [0, 0.05) is 18.0 Å². The molecular weight excluding hydrogens is 345 g/mol. The molecule has 2 aromatic carbocycles. The maximum atomic E-state index is 13.7. The molecule has 0 atom stereocenters. The molecule has 1 aliphatic rings. The van der Waals surface area contributed by atoms with Gasteiger partial charge in [-0.2, -0.15) is 0 Å². The fourth-order valence-corrected chi connectivity index (χ4v) is 3.61. The van der Waals surface area contributed by atoms with Crippen LogP contribution in [0.5, 0.6) is 0 Å². The largest absolute Gasteiger partial charge is 0.362 e. The second-order valence-electron chi connectivity index (χ2n) is 6.43. The molecule has 1 fully saturated rings. The third-order valence-corrected chi connectivity index (χ3v) is 5.03. The van der Waals surface area contributed by atoms with Gasteiger partial charge in [-0.25, -0.2) is 13.2 Å². The lowest BCUT2D eigenvalue weighted by Gasteiger charge is -2.30. The first kappa shape index (κ1) is 17.7. The van der Waals surface area contributed by atoms with Gasteiger partial charge in [-0.15, -0.1) is 0 Å². The van der Waals surface area contributed by atoms with E-state index in [-0.39, 0.29) is 22.0 Å². The van der Waals surface area contributed by atoms with Crippen LogP contribution in [0.4, 0.5) is 18.9 Å². The summed E-state index contributed by atoms with van der Waals surface area (Å²) in [7, 11) is 0. The summed E-state index contributed by atoms with van der Waals surface area (Å²) < 4.78 is 39.9. The molecule has 1 aliphatic carbocycles. The lowest BCUT2D eigenvalue weighted by molar-refractivity contribution is 0.434. The molecule has 0 radical (unpaired) electrons. The second kappa shape index (κ2) is 7.44. The van der Waals surface area contributed by atoms with Crippen LogP contribution in [0.3, 0.4) is 0 Å². The Morgan fingerprint density at radius 3 is 2.24 bits per heavy atom. The van der Waals surface area contributed by atoms with Crippen molar-refractivity contribution in [3.8, 4) is 0 Å². The molecule has 0 bridgehead atoms. The van der Waals surface area contributed by atoms with Gasteiger partial charge < -0.3 is 10.6 Å². The molecule has 0 amide bonds. The van der Waals surface area contributed by atoms with Crippen molar-refractivity contribution in [2.45, 2.75) is 31.1 Å². The van der Waals surface area contributed by atoms with E-state index in [0.717, 1.165) is 37.3 Å². The Morgan fingerprint density at radius 2 is 1.60 bits per heavy atom. The number of hydrogen-bond donors (Lipinski definition) is 2.